The van der Waals surface area contributed by atoms with Gasteiger partial charge >= 0.3 is 0 Å². The highest BCUT2D eigenvalue weighted by atomic mass is 79.9. The molecule has 2 aliphatic rings. The monoisotopic (exact) mass is 393 g/mol. The fourth-order valence-corrected chi connectivity index (χ4v) is 3.94. The van der Waals surface area contributed by atoms with Gasteiger partial charge < -0.3 is 10.6 Å². The molecule has 0 aliphatic carbocycles. The number of rotatable bonds is 6. The van der Waals surface area contributed by atoms with Crippen molar-refractivity contribution in [2.24, 2.45) is 5.92 Å². The first-order chi connectivity index (χ1) is 11.7. The summed E-state index contributed by atoms with van der Waals surface area (Å²) in [4.78, 5) is 14.6. The molecule has 3 rings (SSSR count). The van der Waals surface area contributed by atoms with Gasteiger partial charge in [-0.2, -0.15) is 0 Å². The van der Waals surface area contributed by atoms with E-state index >= 15 is 0 Å². The second kappa shape index (κ2) is 8.97. The molecule has 1 unspecified atom stereocenters. The largest absolute Gasteiger partial charge is 0.353 e. The van der Waals surface area contributed by atoms with E-state index in [0.717, 1.165) is 56.5 Å². The number of benzene rings is 1. The van der Waals surface area contributed by atoms with Crippen LogP contribution in [0.2, 0.25) is 0 Å². The minimum atomic E-state index is 0.244. The number of carbonyl (C=O) groups excluding carboxylic acids is 1. The van der Waals surface area contributed by atoms with Crippen LogP contribution in [-0.4, -0.2) is 43.0 Å². The van der Waals surface area contributed by atoms with Crippen LogP contribution in [0, 0.1) is 5.92 Å². The molecule has 2 fully saturated rings. The molecule has 2 saturated heterocycles. The second-order valence-corrected chi connectivity index (χ2v) is 8.06. The van der Waals surface area contributed by atoms with Gasteiger partial charge in [-0.25, -0.2) is 0 Å². The Morgan fingerprint density at radius 1 is 1.21 bits per heavy atom. The maximum Gasteiger partial charge on any atom is 0.220 e. The molecule has 1 aromatic rings. The first-order valence-electron chi connectivity index (χ1n) is 9.16. The van der Waals surface area contributed by atoms with Gasteiger partial charge in [-0.15, -0.1) is 0 Å². The molecular formula is C19H28BrN3O. The van der Waals surface area contributed by atoms with E-state index in [-0.39, 0.29) is 5.91 Å². The van der Waals surface area contributed by atoms with Crippen LogP contribution in [-0.2, 0) is 11.3 Å². The van der Waals surface area contributed by atoms with Crippen molar-refractivity contribution in [3.63, 3.8) is 0 Å². The van der Waals surface area contributed by atoms with Gasteiger partial charge in [0.25, 0.3) is 0 Å². The summed E-state index contributed by atoms with van der Waals surface area (Å²) >= 11 is 3.48. The maximum absolute atomic E-state index is 12.1. The minimum Gasteiger partial charge on any atom is -0.353 e. The quantitative estimate of drug-likeness (QED) is 0.780. The van der Waals surface area contributed by atoms with Crippen molar-refractivity contribution in [2.45, 2.75) is 44.7 Å². The Balaban J connectivity index is 1.34. The molecule has 24 heavy (non-hydrogen) atoms. The SMILES string of the molecule is O=C(CCC1CCNC1)NC1CCN(Cc2ccc(Br)cc2)CC1. The smallest absolute Gasteiger partial charge is 0.220 e. The van der Waals surface area contributed by atoms with Crippen molar-refractivity contribution in [3.05, 3.63) is 34.3 Å². The lowest BCUT2D eigenvalue weighted by atomic mass is 10.0. The minimum absolute atomic E-state index is 0.244. The van der Waals surface area contributed by atoms with Crippen molar-refractivity contribution in [2.75, 3.05) is 26.2 Å². The van der Waals surface area contributed by atoms with Gasteiger partial charge in [0.15, 0.2) is 0 Å². The van der Waals surface area contributed by atoms with Gasteiger partial charge in [-0.1, -0.05) is 28.1 Å². The first-order valence-corrected chi connectivity index (χ1v) is 9.95. The zero-order valence-electron chi connectivity index (χ0n) is 14.3. The van der Waals surface area contributed by atoms with Crippen molar-refractivity contribution in [1.29, 1.82) is 0 Å². The number of hydrogen-bond donors (Lipinski definition) is 2. The third-order valence-electron chi connectivity index (χ3n) is 5.21. The summed E-state index contributed by atoms with van der Waals surface area (Å²) in [6.45, 7) is 5.33. The molecule has 132 valence electrons. The number of piperidine rings is 1. The molecule has 4 nitrogen and oxygen atoms in total. The predicted molar refractivity (Wildman–Crippen MR) is 101 cm³/mol. The highest BCUT2D eigenvalue weighted by molar-refractivity contribution is 9.10. The summed E-state index contributed by atoms with van der Waals surface area (Å²) in [6.07, 6.45) is 5.06. The standard InChI is InChI=1S/C19H28BrN3O/c20-17-4-1-16(2-5-17)14-23-11-8-18(9-12-23)22-19(24)6-3-15-7-10-21-13-15/h1-2,4-5,15,18,21H,3,6-14H2,(H,22,24). The molecule has 2 aliphatic heterocycles. The molecule has 0 radical (unpaired) electrons. The zero-order chi connectivity index (χ0) is 16.8. The fraction of sp³-hybridized carbons (Fsp3) is 0.632. The maximum atomic E-state index is 12.1. The van der Waals surface area contributed by atoms with Crippen molar-refractivity contribution >= 4 is 21.8 Å². The zero-order valence-corrected chi connectivity index (χ0v) is 15.9. The van der Waals surface area contributed by atoms with E-state index in [4.69, 9.17) is 0 Å². The molecule has 0 aromatic heterocycles. The Labute approximate surface area is 153 Å². The van der Waals surface area contributed by atoms with Crippen LogP contribution in [0.3, 0.4) is 0 Å². The van der Waals surface area contributed by atoms with Gasteiger partial charge in [-0.05, 0) is 62.4 Å². The summed E-state index contributed by atoms with van der Waals surface area (Å²) in [5.41, 5.74) is 1.35. The second-order valence-electron chi connectivity index (χ2n) is 7.14. The van der Waals surface area contributed by atoms with E-state index in [1.807, 2.05) is 0 Å². The number of amides is 1. The van der Waals surface area contributed by atoms with Gasteiger partial charge in [0.1, 0.15) is 0 Å². The van der Waals surface area contributed by atoms with Crippen molar-refractivity contribution in [3.8, 4) is 0 Å². The van der Waals surface area contributed by atoms with Crippen molar-refractivity contribution in [1.82, 2.24) is 15.5 Å². The molecule has 2 heterocycles. The molecule has 1 amide bonds. The summed E-state index contributed by atoms with van der Waals surface area (Å²) in [5, 5.41) is 6.61. The van der Waals surface area contributed by atoms with E-state index in [2.05, 4.69) is 55.7 Å². The Bertz CT molecular complexity index is 520. The molecule has 1 atom stereocenters. The summed E-state index contributed by atoms with van der Waals surface area (Å²) in [6, 6.07) is 8.91. The van der Waals surface area contributed by atoms with Crippen LogP contribution in [0.5, 0.6) is 0 Å². The summed E-state index contributed by atoms with van der Waals surface area (Å²) in [7, 11) is 0. The lowest BCUT2D eigenvalue weighted by Gasteiger charge is -2.32. The molecule has 2 N–H and O–H groups in total. The Morgan fingerprint density at radius 2 is 1.96 bits per heavy atom. The number of likely N-dealkylation sites (tertiary alicyclic amines) is 1. The van der Waals surface area contributed by atoms with Crippen LogP contribution in [0.1, 0.15) is 37.7 Å². The highest BCUT2D eigenvalue weighted by Crippen LogP contribution is 2.17. The highest BCUT2D eigenvalue weighted by Gasteiger charge is 2.21. The fourth-order valence-electron chi connectivity index (χ4n) is 3.68. The van der Waals surface area contributed by atoms with Crippen LogP contribution < -0.4 is 10.6 Å². The average molecular weight is 394 g/mol. The third kappa shape index (κ3) is 5.57. The normalized spacial score (nSPS) is 22.6. The van der Waals surface area contributed by atoms with Crippen LogP contribution in [0.15, 0.2) is 28.7 Å². The topological polar surface area (TPSA) is 44.4 Å². The number of nitrogens with zero attached hydrogens (tertiary/aromatic N) is 1. The lowest BCUT2D eigenvalue weighted by Crippen LogP contribution is -2.44. The molecule has 1 aromatic carbocycles. The predicted octanol–water partition coefficient (Wildman–Crippen LogP) is 2.92. The number of halogens is 1. The summed E-state index contributed by atoms with van der Waals surface area (Å²) < 4.78 is 1.13. The van der Waals surface area contributed by atoms with Crippen LogP contribution in [0.4, 0.5) is 0 Å². The first kappa shape index (κ1) is 17.9. The van der Waals surface area contributed by atoms with E-state index in [9.17, 15) is 4.79 Å². The molecule has 0 bridgehead atoms. The Morgan fingerprint density at radius 3 is 2.62 bits per heavy atom. The Kier molecular flexibility index (Phi) is 6.69. The van der Waals surface area contributed by atoms with Gasteiger partial charge in [0.05, 0.1) is 0 Å². The van der Waals surface area contributed by atoms with E-state index in [0.29, 0.717) is 18.4 Å². The molecule has 0 saturated carbocycles. The third-order valence-corrected chi connectivity index (χ3v) is 5.74. The van der Waals surface area contributed by atoms with Crippen molar-refractivity contribution < 1.29 is 4.79 Å². The van der Waals surface area contributed by atoms with Crippen LogP contribution >= 0.6 is 15.9 Å². The van der Waals surface area contributed by atoms with Gasteiger partial charge in [0, 0.05) is 36.6 Å². The number of hydrogen-bond acceptors (Lipinski definition) is 3. The summed E-state index contributed by atoms with van der Waals surface area (Å²) in [5.74, 6) is 0.941. The van der Waals surface area contributed by atoms with E-state index in [1.54, 1.807) is 0 Å². The molecular weight excluding hydrogens is 366 g/mol. The lowest BCUT2D eigenvalue weighted by molar-refractivity contribution is -0.122. The Hall–Kier alpha value is -0.910. The van der Waals surface area contributed by atoms with Gasteiger partial charge in [-0.3, -0.25) is 9.69 Å². The van der Waals surface area contributed by atoms with E-state index < -0.39 is 0 Å². The number of nitrogens with one attached hydrogen (secondary N) is 2. The molecule has 5 heteroatoms. The van der Waals surface area contributed by atoms with Gasteiger partial charge in [0.2, 0.25) is 5.91 Å². The van der Waals surface area contributed by atoms with E-state index in [1.165, 1.54) is 12.0 Å². The average Bonchev–Trinajstić information content (AvgIpc) is 3.10. The number of carbonyl (C=O) groups is 1. The van der Waals surface area contributed by atoms with Crippen LogP contribution in [0.25, 0.3) is 0 Å². The molecule has 0 spiro atoms.